The number of rotatable bonds is 5. The van der Waals surface area contributed by atoms with Gasteiger partial charge in [-0.15, -0.1) is 0 Å². The molecule has 0 N–H and O–H groups in total. The highest BCUT2D eigenvalue weighted by Crippen LogP contribution is 2.23. The van der Waals surface area contributed by atoms with Gasteiger partial charge < -0.3 is 4.42 Å². The van der Waals surface area contributed by atoms with Crippen LogP contribution in [0, 0.1) is 5.82 Å². The molecule has 0 amide bonds. The molecule has 3 nitrogen and oxygen atoms in total. The van der Waals surface area contributed by atoms with Crippen LogP contribution in [0.4, 0.5) is 4.39 Å². The first kappa shape index (κ1) is 17.1. The normalized spacial score (nSPS) is 12.3. The molecule has 1 heterocycles. The fraction of sp³-hybridized carbons (Fsp3) is 0.118. The van der Waals surface area contributed by atoms with Gasteiger partial charge in [0, 0.05) is 32.0 Å². The molecule has 2 aromatic carbocycles. The van der Waals surface area contributed by atoms with Gasteiger partial charge in [-0.3, -0.25) is 4.21 Å². The lowest BCUT2D eigenvalue weighted by Crippen LogP contribution is -2.02. The SMILES string of the molecule is O=[S@@](Cc1coc(-c2ccc(Cl)cc2)n1)Cc1c(F)cccc1Cl. The van der Waals surface area contributed by atoms with Crippen molar-refractivity contribution in [3.8, 4) is 11.5 Å². The van der Waals surface area contributed by atoms with Crippen LogP contribution in [0.15, 0.2) is 53.1 Å². The molecular weight excluding hydrogens is 372 g/mol. The smallest absolute Gasteiger partial charge is 0.226 e. The minimum absolute atomic E-state index is 0.0225. The highest BCUT2D eigenvalue weighted by molar-refractivity contribution is 7.83. The number of aromatic nitrogens is 1. The van der Waals surface area contributed by atoms with E-state index in [1.165, 1.54) is 18.4 Å². The Balaban J connectivity index is 1.70. The first-order valence-electron chi connectivity index (χ1n) is 7.01. The number of oxazole rings is 1. The molecule has 0 aliphatic rings. The summed E-state index contributed by atoms with van der Waals surface area (Å²) < 4.78 is 31.4. The van der Waals surface area contributed by atoms with Gasteiger partial charge >= 0.3 is 0 Å². The Hall–Kier alpha value is -1.69. The lowest BCUT2D eigenvalue weighted by atomic mass is 10.2. The largest absolute Gasteiger partial charge is 0.444 e. The number of benzene rings is 2. The van der Waals surface area contributed by atoms with Crippen LogP contribution in [0.5, 0.6) is 0 Å². The van der Waals surface area contributed by atoms with Crippen LogP contribution in [0.3, 0.4) is 0 Å². The van der Waals surface area contributed by atoms with Crippen LogP contribution in [0.25, 0.3) is 11.5 Å². The molecule has 1 aromatic heterocycles. The minimum Gasteiger partial charge on any atom is -0.444 e. The molecule has 24 heavy (non-hydrogen) atoms. The van der Waals surface area contributed by atoms with E-state index in [4.69, 9.17) is 27.6 Å². The summed E-state index contributed by atoms with van der Waals surface area (Å²) in [6.45, 7) is 0. The molecule has 0 bridgehead atoms. The Kier molecular flexibility index (Phi) is 5.33. The van der Waals surface area contributed by atoms with Crippen molar-refractivity contribution in [3.63, 3.8) is 0 Å². The predicted octanol–water partition coefficient (Wildman–Crippen LogP) is 5.24. The zero-order chi connectivity index (χ0) is 17.1. The Morgan fingerprint density at radius 2 is 1.83 bits per heavy atom. The van der Waals surface area contributed by atoms with E-state index >= 15 is 0 Å². The number of hydrogen-bond acceptors (Lipinski definition) is 3. The van der Waals surface area contributed by atoms with Crippen molar-refractivity contribution >= 4 is 34.0 Å². The lowest BCUT2D eigenvalue weighted by molar-refractivity contribution is 0.573. The van der Waals surface area contributed by atoms with E-state index in [-0.39, 0.29) is 22.1 Å². The van der Waals surface area contributed by atoms with Crippen LogP contribution < -0.4 is 0 Å². The van der Waals surface area contributed by atoms with Gasteiger partial charge in [-0.05, 0) is 36.4 Å². The predicted molar refractivity (Wildman–Crippen MR) is 93.9 cm³/mol. The van der Waals surface area contributed by atoms with Crippen molar-refractivity contribution in [3.05, 3.63) is 75.8 Å². The Labute approximate surface area is 150 Å². The first-order chi connectivity index (χ1) is 11.5. The van der Waals surface area contributed by atoms with Crippen LogP contribution in [-0.4, -0.2) is 9.19 Å². The molecule has 0 aliphatic carbocycles. The van der Waals surface area contributed by atoms with Gasteiger partial charge in [-0.1, -0.05) is 29.3 Å². The third kappa shape index (κ3) is 4.04. The summed E-state index contributed by atoms with van der Waals surface area (Å²) in [5, 5.41) is 0.888. The lowest BCUT2D eigenvalue weighted by Gasteiger charge is -2.04. The zero-order valence-electron chi connectivity index (χ0n) is 12.3. The van der Waals surface area contributed by atoms with E-state index in [0.29, 0.717) is 16.6 Å². The highest BCUT2D eigenvalue weighted by Gasteiger charge is 2.14. The van der Waals surface area contributed by atoms with Gasteiger partial charge in [0.15, 0.2) is 0 Å². The summed E-state index contributed by atoms with van der Waals surface area (Å²) in [6.07, 6.45) is 1.45. The third-order valence-electron chi connectivity index (χ3n) is 3.32. The average Bonchev–Trinajstić information content (AvgIpc) is 3.00. The van der Waals surface area contributed by atoms with Gasteiger partial charge in [0.2, 0.25) is 5.89 Å². The molecule has 0 unspecified atom stereocenters. The molecular formula is C17H12Cl2FNO2S. The molecule has 0 saturated heterocycles. The number of hydrogen-bond donors (Lipinski definition) is 0. The summed E-state index contributed by atoms with van der Waals surface area (Å²) in [5.41, 5.74) is 1.55. The Morgan fingerprint density at radius 3 is 2.54 bits per heavy atom. The second-order valence-electron chi connectivity index (χ2n) is 5.08. The van der Waals surface area contributed by atoms with Crippen molar-refractivity contribution in [1.82, 2.24) is 4.98 Å². The van der Waals surface area contributed by atoms with E-state index in [1.54, 1.807) is 30.3 Å². The molecule has 0 radical (unpaired) electrons. The number of nitrogens with zero attached hydrogens (tertiary/aromatic N) is 1. The third-order valence-corrected chi connectivity index (χ3v) is 5.15. The first-order valence-corrected chi connectivity index (χ1v) is 9.25. The van der Waals surface area contributed by atoms with Crippen molar-refractivity contribution < 1.29 is 13.0 Å². The molecule has 1 atom stereocenters. The molecule has 0 spiro atoms. The standard InChI is InChI=1S/C17H12Cl2FNO2S/c18-12-6-4-11(5-7-12)17-21-13(8-23-17)9-24(22)10-14-15(19)2-1-3-16(14)20/h1-8H,9-10H2/t24-/m0/s1. The van der Waals surface area contributed by atoms with Crippen molar-refractivity contribution in [1.29, 1.82) is 0 Å². The van der Waals surface area contributed by atoms with Gasteiger partial charge in [0.1, 0.15) is 12.1 Å². The molecule has 7 heteroatoms. The second-order valence-corrected chi connectivity index (χ2v) is 7.38. The fourth-order valence-electron chi connectivity index (χ4n) is 2.15. The Bertz CT molecular complexity index is 860. The molecule has 3 aromatic rings. The fourth-order valence-corrected chi connectivity index (χ4v) is 3.76. The number of halogens is 3. The average molecular weight is 384 g/mol. The maximum Gasteiger partial charge on any atom is 0.226 e. The molecule has 0 saturated carbocycles. The summed E-state index contributed by atoms with van der Waals surface area (Å²) in [6, 6.07) is 11.4. The van der Waals surface area contributed by atoms with E-state index in [0.717, 1.165) is 5.56 Å². The van der Waals surface area contributed by atoms with Crippen LogP contribution in [0.2, 0.25) is 10.0 Å². The van der Waals surface area contributed by atoms with Gasteiger partial charge in [0.25, 0.3) is 0 Å². The van der Waals surface area contributed by atoms with Crippen LogP contribution in [0.1, 0.15) is 11.3 Å². The van der Waals surface area contributed by atoms with Crippen LogP contribution >= 0.6 is 23.2 Å². The van der Waals surface area contributed by atoms with E-state index in [2.05, 4.69) is 4.98 Å². The van der Waals surface area contributed by atoms with Crippen molar-refractivity contribution in [2.24, 2.45) is 0 Å². The Morgan fingerprint density at radius 1 is 1.08 bits per heavy atom. The quantitative estimate of drug-likeness (QED) is 0.605. The van der Waals surface area contributed by atoms with Gasteiger partial charge in [-0.25, -0.2) is 9.37 Å². The molecule has 0 aliphatic heterocycles. The van der Waals surface area contributed by atoms with E-state index in [1.807, 2.05) is 0 Å². The van der Waals surface area contributed by atoms with Gasteiger partial charge in [-0.2, -0.15) is 0 Å². The maximum atomic E-state index is 13.7. The molecule has 0 fully saturated rings. The summed E-state index contributed by atoms with van der Waals surface area (Å²) >= 11 is 11.8. The second kappa shape index (κ2) is 7.47. The highest BCUT2D eigenvalue weighted by atomic mass is 35.5. The van der Waals surface area contributed by atoms with E-state index < -0.39 is 16.6 Å². The topological polar surface area (TPSA) is 43.1 Å². The van der Waals surface area contributed by atoms with Crippen LogP contribution in [-0.2, 0) is 22.3 Å². The summed E-state index contributed by atoms with van der Waals surface area (Å²) in [7, 11) is -1.36. The van der Waals surface area contributed by atoms with Crippen molar-refractivity contribution in [2.75, 3.05) is 0 Å². The monoisotopic (exact) mass is 383 g/mol. The maximum absolute atomic E-state index is 13.7. The zero-order valence-corrected chi connectivity index (χ0v) is 14.7. The van der Waals surface area contributed by atoms with E-state index in [9.17, 15) is 8.60 Å². The van der Waals surface area contributed by atoms with Gasteiger partial charge in [0.05, 0.1) is 17.2 Å². The summed E-state index contributed by atoms with van der Waals surface area (Å²) in [4.78, 5) is 4.31. The van der Waals surface area contributed by atoms with Crippen molar-refractivity contribution in [2.45, 2.75) is 11.5 Å². The molecule has 124 valence electrons. The summed E-state index contributed by atoms with van der Waals surface area (Å²) in [5.74, 6) is 0.136. The molecule has 3 rings (SSSR count). The minimum atomic E-state index is -1.36.